The summed E-state index contributed by atoms with van der Waals surface area (Å²) in [7, 11) is 1.59. The maximum absolute atomic E-state index is 11.7. The smallest absolute Gasteiger partial charge is 0.263 e. The Hall–Kier alpha value is -2.21. The number of amides is 2. The van der Waals surface area contributed by atoms with Crippen LogP contribution in [0.4, 0.5) is 0 Å². The summed E-state index contributed by atoms with van der Waals surface area (Å²) in [6.45, 7) is 1.89. The van der Waals surface area contributed by atoms with Crippen molar-refractivity contribution in [2.75, 3.05) is 7.11 Å². The van der Waals surface area contributed by atoms with Gasteiger partial charge in [-0.2, -0.15) is 0 Å². The fourth-order valence-electron chi connectivity index (χ4n) is 1.76. The first-order valence-electron chi connectivity index (χ1n) is 5.54. The number of nitrogens with one attached hydrogen (secondary N) is 2. The van der Waals surface area contributed by atoms with E-state index in [2.05, 4.69) is 10.6 Å². The van der Waals surface area contributed by atoms with E-state index in [0.717, 1.165) is 16.9 Å². The molecule has 0 spiro atoms. The number of ether oxygens (including phenoxy) is 1. The maximum Gasteiger partial charge on any atom is 0.263 e. The average Bonchev–Trinajstić information content (AvgIpc) is 2.34. The van der Waals surface area contributed by atoms with E-state index >= 15 is 0 Å². The Labute approximate surface area is 115 Å². The second-order valence-corrected chi connectivity index (χ2v) is 4.43. The molecule has 1 fully saturated rings. The number of carbonyl (C=O) groups excluding carboxylic acids is 2. The minimum atomic E-state index is -0.498. The van der Waals surface area contributed by atoms with E-state index < -0.39 is 11.8 Å². The molecule has 2 amide bonds. The molecule has 19 heavy (non-hydrogen) atoms. The van der Waals surface area contributed by atoms with E-state index in [1.54, 1.807) is 19.2 Å². The number of hydrogen-bond donors (Lipinski definition) is 2. The van der Waals surface area contributed by atoms with Gasteiger partial charge in [-0.25, -0.2) is 0 Å². The van der Waals surface area contributed by atoms with Crippen LogP contribution < -0.4 is 15.4 Å². The zero-order valence-corrected chi connectivity index (χ0v) is 11.3. The van der Waals surface area contributed by atoms with E-state index in [-0.39, 0.29) is 10.7 Å². The van der Waals surface area contributed by atoms with Crippen LogP contribution in [-0.4, -0.2) is 24.0 Å². The van der Waals surface area contributed by atoms with Gasteiger partial charge in [-0.05, 0) is 48.5 Å². The first-order valence-corrected chi connectivity index (χ1v) is 5.95. The van der Waals surface area contributed by atoms with E-state index in [4.69, 9.17) is 17.0 Å². The molecule has 1 saturated heterocycles. The lowest BCUT2D eigenvalue weighted by Gasteiger charge is -2.16. The standard InChI is InChI=1S/C13H12N2O3S/c1-7-5-8(3-4-10(7)18-2)6-9-11(16)14-13(19)15-12(9)17/h3-6H,1-2H3,(H2,14,15,16,17,19). The topological polar surface area (TPSA) is 67.4 Å². The lowest BCUT2D eigenvalue weighted by atomic mass is 10.1. The molecule has 0 aliphatic carbocycles. The predicted molar refractivity (Wildman–Crippen MR) is 74.6 cm³/mol. The van der Waals surface area contributed by atoms with Gasteiger partial charge in [-0.3, -0.25) is 20.2 Å². The average molecular weight is 276 g/mol. The van der Waals surface area contributed by atoms with Gasteiger partial charge in [0.05, 0.1) is 7.11 Å². The minimum Gasteiger partial charge on any atom is -0.496 e. The Morgan fingerprint density at radius 2 is 1.84 bits per heavy atom. The third-order valence-corrected chi connectivity index (χ3v) is 2.88. The van der Waals surface area contributed by atoms with Crippen LogP contribution in [-0.2, 0) is 9.59 Å². The van der Waals surface area contributed by atoms with Gasteiger partial charge in [-0.15, -0.1) is 0 Å². The highest BCUT2D eigenvalue weighted by atomic mass is 32.1. The van der Waals surface area contributed by atoms with Crippen molar-refractivity contribution in [1.29, 1.82) is 0 Å². The third kappa shape index (κ3) is 2.79. The second-order valence-electron chi connectivity index (χ2n) is 4.02. The molecule has 2 rings (SSSR count). The number of thiocarbonyl (C=S) groups is 1. The largest absolute Gasteiger partial charge is 0.496 e. The molecule has 1 aliphatic rings. The fraction of sp³-hybridized carbons (Fsp3) is 0.154. The molecule has 1 aromatic rings. The number of benzene rings is 1. The van der Waals surface area contributed by atoms with Gasteiger partial charge in [-0.1, -0.05) is 6.07 Å². The summed E-state index contributed by atoms with van der Waals surface area (Å²) in [4.78, 5) is 23.4. The fourth-order valence-corrected chi connectivity index (χ4v) is 1.95. The molecule has 0 unspecified atom stereocenters. The zero-order valence-electron chi connectivity index (χ0n) is 10.4. The van der Waals surface area contributed by atoms with Crippen LogP contribution in [0.5, 0.6) is 5.75 Å². The molecular weight excluding hydrogens is 264 g/mol. The Bertz CT molecular complexity index is 586. The summed E-state index contributed by atoms with van der Waals surface area (Å²) in [6, 6.07) is 5.39. The molecule has 0 aromatic heterocycles. The summed E-state index contributed by atoms with van der Waals surface area (Å²) >= 11 is 4.72. The molecule has 1 heterocycles. The highest BCUT2D eigenvalue weighted by molar-refractivity contribution is 7.80. The SMILES string of the molecule is COc1ccc(C=C2C(=O)NC(=S)NC2=O)cc1C. The monoisotopic (exact) mass is 276 g/mol. The summed E-state index contributed by atoms with van der Waals surface area (Å²) < 4.78 is 5.15. The van der Waals surface area contributed by atoms with Crippen molar-refractivity contribution in [3.8, 4) is 5.75 Å². The maximum atomic E-state index is 11.7. The number of hydrogen-bond acceptors (Lipinski definition) is 4. The van der Waals surface area contributed by atoms with Crippen molar-refractivity contribution in [2.45, 2.75) is 6.92 Å². The zero-order chi connectivity index (χ0) is 14.0. The van der Waals surface area contributed by atoms with E-state index in [0.29, 0.717) is 0 Å². The minimum absolute atomic E-state index is 0.0260. The van der Waals surface area contributed by atoms with Crippen molar-refractivity contribution in [3.05, 3.63) is 34.9 Å². The molecule has 5 nitrogen and oxygen atoms in total. The van der Waals surface area contributed by atoms with Crippen LogP contribution >= 0.6 is 12.2 Å². The normalized spacial score (nSPS) is 14.8. The van der Waals surface area contributed by atoms with E-state index in [1.807, 2.05) is 13.0 Å². The van der Waals surface area contributed by atoms with Crippen LogP contribution in [0, 0.1) is 6.92 Å². The quantitative estimate of drug-likeness (QED) is 0.479. The van der Waals surface area contributed by atoms with Gasteiger partial charge in [0.2, 0.25) is 0 Å². The summed E-state index contributed by atoms with van der Waals surface area (Å²) in [5.74, 6) is -0.245. The lowest BCUT2D eigenvalue weighted by molar-refractivity contribution is -0.123. The van der Waals surface area contributed by atoms with Crippen LogP contribution in [0.25, 0.3) is 6.08 Å². The predicted octanol–water partition coefficient (Wildman–Crippen LogP) is 0.918. The summed E-state index contributed by atoms with van der Waals surface area (Å²) in [5, 5.41) is 4.80. The molecule has 0 saturated carbocycles. The molecule has 0 atom stereocenters. The van der Waals surface area contributed by atoms with Gasteiger partial charge < -0.3 is 4.74 Å². The highest BCUT2D eigenvalue weighted by Gasteiger charge is 2.25. The van der Waals surface area contributed by atoms with Gasteiger partial charge in [0.25, 0.3) is 11.8 Å². The van der Waals surface area contributed by atoms with Crippen LogP contribution in [0.1, 0.15) is 11.1 Å². The van der Waals surface area contributed by atoms with E-state index in [9.17, 15) is 9.59 Å². The Morgan fingerprint density at radius 1 is 1.21 bits per heavy atom. The Morgan fingerprint density at radius 3 is 2.37 bits per heavy atom. The lowest BCUT2D eigenvalue weighted by Crippen LogP contribution is -2.51. The summed E-state index contributed by atoms with van der Waals surface area (Å²) in [5.41, 5.74) is 1.69. The van der Waals surface area contributed by atoms with Crippen molar-refractivity contribution >= 4 is 35.2 Å². The van der Waals surface area contributed by atoms with Gasteiger partial charge >= 0.3 is 0 Å². The van der Waals surface area contributed by atoms with Crippen LogP contribution in [0.15, 0.2) is 23.8 Å². The molecule has 6 heteroatoms. The van der Waals surface area contributed by atoms with E-state index in [1.165, 1.54) is 6.08 Å². The molecule has 0 bridgehead atoms. The Balaban J connectivity index is 2.35. The molecular formula is C13H12N2O3S. The number of carbonyl (C=O) groups is 2. The van der Waals surface area contributed by atoms with Crippen molar-refractivity contribution < 1.29 is 14.3 Å². The van der Waals surface area contributed by atoms with Crippen molar-refractivity contribution in [2.24, 2.45) is 0 Å². The van der Waals surface area contributed by atoms with Crippen molar-refractivity contribution in [1.82, 2.24) is 10.6 Å². The van der Waals surface area contributed by atoms with Crippen molar-refractivity contribution in [3.63, 3.8) is 0 Å². The van der Waals surface area contributed by atoms with Gasteiger partial charge in [0.1, 0.15) is 11.3 Å². The number of rotatable bonds is 2. The summed E-state index contributed by atoms with van der Waals surface area (Å²) in [6.07, 6.45) is 1.51. The number of methoxy groups -OCH3 is 1. The third-order valence-electron chi connectivity index (χ3n) is 2.67. The Kier molecular flexibility index (Phi) is 3.62. The van der Waals surface area contributed by atoms with Gasteiger partial charge in [0, 0.05) is 0 Å². The second kappa shape index (κ2) is 5.19. The number of aryl methyl sites for hydroxylation is 1. The molecule has 98 valence electrons. The molecule has 1 aliphatic heterocycles. The molecule has 1 aromatic carbocycles. The first-order chi connectivity index (χ1) is 9.01. The van der Waals surface area contributed by atoms with Crippen LogP contribution in [0.2, 0.25) is 0 Å². The first kappa shape index (κ1) is 13.2. The molecule has 0 radical (unpaired) electrons. The van der Waals surface area contributed by atoms with Gasteiger partial charge in [0.15, 0.2) is 5.11 Å². The van der Waals surface area contributed by atoms with Crippen LogP contribution in [0.3, 0.4) is 0 Å². The highest BCUT2D eigenvalue weighted by Crippen LogP contribution is 2.20. The molecule has 2 N–H and O–H groups in total.